The molecule has 1 fully saturated rings. The van der Waals surface area contributed by atoms with Crippen molar-refractivity contribution in [1.29, 1.82) is 0 Å². The van der Waals surface area contributed by atoms with E-state index in [9.17, 15) is 14.3 Å². The molecule has 1 heterocycles. The number of primary amides is 1. The first-order chi connectivity index (χ1) is 14.4. The van der Waals surface area contributed by atoms with Crippen LogP contribution >= 0.6 is 11.6 Å². The molecule has 0 radical (unpaired) electrons. The first-order valence-corrected chi connectivity index (χ1v) is 10.3. The Morgan fingerprint density at radius 2 is 2.10 bits per heavy atom. The summed E-state index contributed by atoms with van der Waals surface area (Å²) < 4.78 is 24.6. The molecule has 3 N–H and O–H groups in total. The van der Waals surface area contributed by atoms with E-state index < -0.39 is 12.0 Å². The Morgan fingerprint density at radius 3 is 2.83 bits per heavy atom. The van der Waals surface area contributed by atoms with Gasteiger partial charge in [0.2, 0.25) is 0 Å². The number of rotatable bonds is 8. The Morgan fingerprint density at radius 1 is 1.33 bits per heavy atom. The molecule has 8 heteroatoms. The maximum atomic E-state index is 13.1. The van der Waals surface area contributed by atoms with Gasteiger partial charge in [0.15, 0.2) is 0 Å². The molecule has 0 spiro atoms. The summed E-state index contributed by atoms with van der Waals surface area (Å²) in [5.41, 5.74) is 6.55. The topological polar surface area (TPSA) is 85.0 Å². The molecule has 0 unspecified atom stereocenters. The van der Waals surface area contributed by atoms with E-state index in [2.05, 4.69) is 4.90 Å². The number of benzene rings is 2. The summed E-state index contributed by atoms with van der Waals surface area (Å²) in [7, 11) is 0. The zero-order chi connectivity index (χ0) is 21.5. The lowest BCUT2D eigenvalue weighted by atomic mass is 10.1. The predicted molar refractivity (Wildman–Crippen MR) is 112 cm³/mol. The van der Waals surface area contributed by atoms with Crippen molar-refractivity contribution >= 4 is 17.5 Å². The Bertz CT molecular complexity index is 850. The SMILES string of the molecule is NC(=O)c1cc(Cl)ccc1OC[C@H](O)CN1CCCO[C@H](Cc2ccc(F)cc2)C1. The van der Waals surface area contributed by atoms with E-state index in [0.717, 1.165) is 18.5 Å². The fourth-order valence-electron chi connectivity index (χ4n) is 3.50. The van der Waals surface area contributed by atoms with E-state index in [1.807, 2.05) is 0 Å². The number of carbonyl (C=O) groups is 1. The monoisotopic (exact) mass is 436 g/mol. The van der Waals surface area contributed by atoms with Crippen molar-refractivity contribution in [2.45, 2.75) is 25.0 Å². The molecule has 162 valence electrons. The predicted octanol–water partition coefficient (Wildman–Crippen LogP) is 2.65. The van der Waals surface area contributed by atoms with Gasteiger partial charge in [0.05, 0.1) is 11.7 Å². The van der Waals surface area contributed by atoms with Gasteiger partial charge in [-0.05, 0) is 48.7 Å². The molecule has 0 aromatic heterocycles. The van der Waals surface area contributed by atoms with Gasteiger partial charge >= 0.3 is 0 Å². The largest absolute Gasteiger partial charge is 0.490 e. The third kappa shape index (κ3) is 6.67. The van der Waals surface area contributed by atoms with Crippen molar-refractivity contribution in [3.8, 4) is 5.75 Å². The van der Waals surface area contributed by atoms with Crippen molar-refractivity contribution < 1.29 is 23.8 Å². The van der Waals surface area contributed by atoms with Gasteiger partial charge in [-0.2, -0.15) is 0 Å². The zero-order valence-corrected chi connectivity index (χ0v) is 17.4. The molecule has 0 bridgehead atoms. The van der Waals surface area contributed by atoms with Gasteiger partial charge in [0.25, 0.3) is 5.91 Å². The van der Waals surface area contributed by atoms with Gasteiger partial charge in [0.1, 0.15) is 24.3 Å². The molecule has 2 aromatic rings. The third-order valence-corrected chi connectivity index (χ3v) is 5.15. The van der Waals surface area contributed by atoms with Crippen molar-refractivity contribution in [1.82, 2.24) is 4.90 Å². The average Bonchev–Trinajstić information content (AvgIpc) is 2.93. The number of amides is 1. The minimum absolute atomic E-state index is 0.0158. The average molecular weight is 437 g/mol. The summed E-state index contributed by atoms with van der Waals surface area (Å²) in [5, 5.41) is 10.8. The summed E-state index contributed by atoms with van der Waals surface area (Å²) in [6.45, 7) is 2.51. The molecule has 1 aliphatic heterocycles. The highest BCUT2D eigenvalue weighted by Crippen LogP contribution is 2.23. The van der Waals surface area contributed by atoms with Crippen LogP contribution in [-0.4, -0.2) is 61.0 Å². The number of nitrogens with zero attached hydrogens (tertiary/aromatic N) is 1. The van der Waals surface area contributed by atoms with Gasteiger partial charge in [-0.25, -0.2) is 4.39 Å². The molecule has 30 heavy (non-hydrogen) atoms. The number of hydrogen-bond donors (Lipinski definition) is 2. The standard InChI is InChI=1S/C22H26ClFN2O4/c23-16-4-7-21(20(11-16)22(25)28)30-14-18(27)12-26-8-1-9-29-19(13-26)10-15-2-5-17(24)6-3-15/h2-7,11,18-19,27H,1,8-10,12-14H2,(H2,25,28)/t18-,19-/m1/s1. The van der Waals surface area contributed by atoms with E-state index in [0.29, 0.717) is 36.9 Å². The van der Waals surface area contributed by atoms with Crippen molar-refractivity contribution in [3.05, 3.63) is 64.4 Å². The normalized spacial score (nSPS) is 18.6. The van der Waals surface area contributed by atoms with Crippen LogP contribution in [-0.2, 0) is 11.2 Å². The zero-order valence-electron chi connectivity index (χ0n) is 16.6. The molecule has 3 rings (SSSR count). The number of β-amino-alcohol motifs (C(OH)–C–C–N with tert-alkyl or cyclic N) is 1. The lowest BCUT2D eigenvalue weighted by Gasteiger charge is -2.26. The van der Waals surface area contributed by atoms with Gasteiger partial charge < -0.3 is 20.3 Å². The third-order valence-electron chi connectivity index (χ3n) is 4.92. The van der Waals surface area contributed by atoms with Crippen LogP contribution in [0.15, 0.2) is 42.5 Å². The molecule has 6 nitrogen and oxygen atoms in total. The first-order valence-electron chi connectivity index (χ1n) is 9.89. The smallest absolute Gasteiger partial charge is 0.252 e. The Labute approximate surface area is 180 Å². The lowest BCUT2D eigenvalue weighted by Crippen LogP contribution is -2.40. The second kappa shape index (κ2) is 10.7. The summed E-state index contributed by atoms with van der Waals surface area (Å²) >= 11 is 5.90. The van der Waals surface area contributed by atoms with Gasteiger partial charge in [-0.1, -0.05) is 23.7 Å². The van der Waals surface area contributed by atoms with E-state index in [-0.39, 0.29) is 24.1 Å². The molecular formula is C22H26ClFN2O4. The van der Waals surface area contributed by atoms with Crippen molar-refractivity contribution in [3.63, 3.8) is 0 Å². The summed E-state index contributed by atoms with van der Waals surface area (Å²) in [4.78, 5) is 13.7. The summed E-state index contributed by atoms with van der Waals surface area (Å²) in [6.07, 6.45) is 0.738. The lowest BCUT2D eigenvalue weighted by molar-refractivity contribution is 0.0360. The molecule has 1 aliphatic rings. The molecule has 2 atom stereocenters. The van der Waals surface area contributed by atoms with E-state index in [1.54, 1.807) is 24.3 Å². The van der Waals surface area contributed by atoms with Crippen molar-refractivity contribution in [2.24, 2.45) is 5.73 Å². The van der Waals surface area contributed by atoms with Crippen LogP contribution < -0.4 is 10.5 Å². The fraction of sp³-hybridized carbons (Fsp3) is 0.409. The Hall–Kier alpha value is -2.19. The number of halogens is 2. The number of aliphatic hydroxyl groups excluding tert-OH is 1. The molecule has 0 saturated carbocycles. The summed E-state index contributed by atoms with van der Waals surface area (Å²) in [5.74, 6) is -0.611. The number of nitrogens with two attached hydrogens (primary N) is 1. The fourth-order valence-corrected chi connectivity index (χ4v) is 3.67. The van der Waals surface area contributed by atoms with Gasteiger partial charge in [-0.3, -0.25) is 9.69 Å². The van der Waals surface area contributed by atoms with Gasteiger partial charge in [0, 0.05) is 31.3 Å². The quantitative estimate of drug-likeness (QED) is 0.664. The van der Waals surface area contributed by atoms with Crippen LogP contribution in [0.3, 0.4) is 0 Å². The van der Waals surface area contributed by atoms with E-state index in [4.69, 9.17) is 26.8 Å². The number of carbonyl (C=O) groups excluding carboxylic acids is 1. The maximum Gasteiger partial charge on any atom is 0.252 e. The Kier molecular flexibility index (Phi) is 8.04. The van der Waals surface area contributed by atoms with Crippen LogP contribution in [0.4, 0.5) is 4.39 Å². The van der Waals surface area contributed by atoms with Crippen LogP contribution in [0.5, 0.6) is 5.75 Å². The highest BCUT2D eigenvalue weighted by molar-refractivity contribution is 6.31. The van der Waals surface area contributed by atoms with Crippen LogP contribution in [0.25, 0.3) is 0 Å². The number of ether oxygens (including phenoxy) is 2. The second-order valence-electron chi connectivity index (χ2n) is 7.41. The first kappa shape index (κ1) is 22.5. The summed E-state index contributed by atoms with van der Waals surface area (Å²) in [6, 6.07) is 11.0. The van der Waals surface area contributed by atoms with Gasteiger partial charge in [-0.15, -0.1) is 0 Å². The number of aliphatic hydroxyl groups is 1. The van der Waals surface area contributed by atoms with E-state index >= 15 is 0 Å². The molecule has 2 aromatic carbocycles. The highest BCUT2D eigenvalue weighted by Gasteiger charge is 2.22. The molecule has 0 aliphatic carbocycles. The number of hydrogen-bond acceptors (Lipinski definition) is 5. The molecular weight excluding hydrogens is 411 g/mol. The van der Waals surface area contributed by atoms with Crippen molar-refractivity contribution in [2.75, 3.05) is 32.8 Å². The molecule has 1 saturated heterocycles. The molecule has 1 amide bonds. The van der Waals surface area contributed by atoms with Crippen LogP contribution in [0, 0.1) is 5.82 Å². The Balaban J connectivity index is 1.53. The maximum absolute atomic E-state index is 13.1. The van der Waals surface area contributed by atoms with E-state index in [1.165, 1.54) is 18.2 Å². The highest BCUT2D eigenvalue weighted by atomic mass is 35.5. The van der Waals surface area contributed by atoms with Crippen LogP contribution in [0.1, 0.15) is 22.3 Å². The van der Waals surface area contributed by atoms with Crippen LogP contribution in [0.2, 0.25) is 5.02 Å². The minimum Gasteiger partial charge on any atom is -0.490 e. The minimum atomic E-state index is -0.758. The second-order valence-corrected chi connectivity index (χ2v) is 7.84.